The minimum absolute atomic E-state index is 0.111. The third-order valence-electron chi connectivity index (χ3n) is 4.39. The van der Waals surface area contributed by atoms with E-state index in [0.717, 1.165) is 30.8 Å². The summed E-state index contributed by atoms with van der Waals surface area (Å²) in [6.07, 6.45) is 0.767. The summed E-state index contributed by atoms with van der Waals surface area (Å²) in [7, 11) is 0. The molecule has 23 heavy (non-hydrogen) atoms. The number of nitrogen functional groups attached to an aromatic ring is 1. The molecule has 0 saturated carbocycles. The van der Waals surface area contributed by atoms with E-state index >= 15 is 0 Å². The molecule has 0 atom stereocenters. The van der Waals surface area contributed by atoms with Crippen LogP contribution in [0.5, 0.6) is 0 Å². The Kier molecular flexibility index (Phi) is 3.98. The summed E-state index contributed by atoms with van der Waals surface area (Å²) in [6, 6.07) is 8.76. The van der Waals surface area contributed by atoms with Crippen molar-refractivity contribution in [3.8, 4) is 0 Å². The molecule has 1 aromatic carbocycles. The Morgan fingerprint density at radius 2 is 1.96 bits per heavy atom. The highest BCUT2D eigenvalue weighted by Crippen LogP contribution is 2.23. The summed E-state index contributed by atoms with van der Waals surface area (Å²) in [6.45, 7) is 9.01. The van der Waals surface area contributed by atoms with Crippen LogP contribution in [0, 0.1) is 0 Å². The Hall–Kier alpha value is -2.14. The summed E-state index contributed by atoms with van der Waals surface area (Å²) in [4.78, 5) is 21.2. The molecule has 0 radical (unpaired) electrons. The molecule has 122 valence electrons. The van der Waals surface area contributed by atoms with Crippen molar-refractivity contribution in [1.29, 1.82) is 0 Å². The molecule has 2 heterocycles. The molecule has 0 spiro atoms. The van der Waals surface area contributed by atoms with Crippen molar-refractivity contribution in [2.24, 2.45) is 0 Å². The van der Waals surface area contributed by atoms with Crippen LogP contribution in [0.3, 0.4) is 0 Å². The fourth-order valence-corrected chi connectivity index (χ4v) is 3.00. The standard InChI is InChI=1S/C18H24N4O/c1-18(2,3)13-6-4-12(5-7-13)10-22-9-8-15-14(11-22)16(23)21-17(19)20-15/h4-7H,8-11H2,1-3H3,(H3,19,20,21,23). The quantitative estimate of drug-likeness (QED) is 0.891. The average molecular weight is 312 g/mol. The summed E-state index contributed by atoms with van der Waals surface area (Å²) in [5, 5.41) is 0. The van der Waals surface area contributed by atoms with E-state index in [0.29, 0.717) is 6.54 Å². The zero-order valence-electron chi connectivity index (χ0n) is 14.0. The lowest BCUT2D eigenvalue weighted by atomic mass is 9.86. The number of H-pyrrole nitrogens is 1. The van der Waals surface area contributed by atoms with Gasteiger partial charge in [0.05, 0.1) is 11.3 Å². The van der Waals surface area contributed by atoms with E-state index in [1.165, 1.54) is 11.1 Å². The maximum atomic E-state index is 12.0. The smallest absolute Gasteiger partial charge is 0.257 e. The van der Waals surface area contributed by atoms with Gasteiger partial charge in [-0.05, 0) is 16.5 Å². The van der Waals surface area contributed by atoms with Gasteiger partial charge in [0.25, 0.3) is 5.56 Å². The summed E-state index contributed by atoms with van der Waals surface area (Å²) in [5.74, 6) is 0.208. The number of benzene rings is 1. The highest BCUT2D eigenvalue weighted by molar-refractivity contribution is 5.29. The molecule has 5 nitrogen and oxygen atoms in total. The Balaban J connectivity index is 1.74. The first-order valence-electron chi connectivity index (χ1n) is 8.02. The molecule has 0 saturated heterocycles. The van der Waals surface area contributed by atoms with Crippen molar-refractivity contribution in [3.63, 3.8) is 0 Å². The normalized spacial score (nSPS) is 15.4. The molecule has 0 aliphatic carbocycles. The predicted molar refractivity (Wildman–Crippen MR) is 92.2 cm³/mol. The summed E-state index contributed by atoms with van der Waals surface area (Å²) >= 11 is 0. The van der Waals surface area contributed by atoms with Gasteiger partial charge in [0.1, 0.15) is 0 Å². The van der Waals surface area contributed by atoms with Crippen LogP contribution in [-0.2, 0) is 24.9 Å². The van der Waals surface area contributed by atoms with Gasteiger partial charge < -0.3 is 5.73 Å². The van der Waals surface area contributed by atoms with E-state index in [1.54, 1.807) is 0 Å². The van der Waals surface area contributed by atoms with Crippen molar-refractivity contribution in [2.75, 3.05) is 12.3 Å². The predicted octanol–water partition coefficient (Wildman–Crippen LogP) is 2.21. The Bertz CT molecular complexity index is 756. The van der Waals surface area contributed by atoms with Crippen LogP contribution in [-0.4, -0.2) is 21.4 Å². The molecular formula is C18H24N4O. The average Bonchev–Trinajstić information content (AvgIpc) is 2.47. The zero-order chi connectivity index (χ0) is 16.6. The number of aromatic nitrogens is 2. The van der Waals surface area contributed by atoms with Crippen LogP contribution >= 0.6 is 0 Å². The molecule has 1 aliphatic rings. The van der Waals surface area contributed by atoms with Crippen molar-refractivity contribution >= 4 is 5.95 Å². The van der Waals surface area contributed by atoms with Gasteiger partial charge in [-0.2, -0.15) is 0 Å². The van der Waals surface area contributed by atoms with Crippen LogP contribution < -0.4 is 11.3 Å². The van der Waals surface area contributed by atoms with E-state index < -0.39 is 0 Å². The maximum Gasteiger partial charge on any atom is 0.257 e. The second-order valence-corrected chi connectivity index (χ2v) is 7.28. The Morgan fingerprint density at radius 3 is 2.61 bits per heavy atom. The van der Waals surface area contributed by atoms with Crippen molar-refractivity contribution in [2.45, 2.75) is 45.7 Å². The third kappa shape index (κ3) is 3.45. The molecule has 0 amide bonds. The number of fused-ring (bicyclic) bond motifs is 1. The van der Waals surface area contributed by atoms with Gasteiger partial charge in [-0.3, -0.25) is 14.7 Å². The fourth-order valence-electron chi connectivity index (χ4n) is 3.00. The highest BCUT2D eigenvalue weighted by Gasteiger charge is 2.21. The molecule has 3 N–H and O–H groups in total. The largest absolute Gasteiger partial charge is 0.369 e. The number of hydrogen-bond donors (Lipinski definition) is 2. The Labute approximate surface area is 136 Å². The number of nitrogens with two attached hydrogens (primary N) is 1. The molecule has 1 aliphatic heterocycles. The van der Waals surface area contributed by atoms with Crippen LogP contribution in [0.1, 0.15) is 43.2 Å². The monoisotopic (exact) mass is 312 g/mol. The maximum absolute atomic E-state index is 12.0. The summed E-state index contributed by atoms with van der Waals surface area (Å²) < 4.78 is 0. The van der Waals surface area contributed by atoms with Crippen molar-refractivity contribution < 1.29 is 0 Å². The van der Waals surface area contributed by atoms with E-state index in [2.05, 4.69) is 59.9 Å². The summed E-state index contributed by atoms with van der Waals surface area (Å²) in [5.41, 5.74) is 9.85. The SMILES string of the molecule is CC(C)(C)c1ccc(CN2CCc3nc(N)[nH]c(=O)c3C2)cc1. The van der Waals surface area contributed by atoms with Gasteiger partial charge in [0, 0.05) is 26.1 Å². The molecule has 2 aromatic rings. The second-order valence-electron chi connectivity index (χ2n) is 7.28. The Morgan fingerprint density at radius 1 is 1.26 bits per heavy atom. The fraction of sp³-hybridized carbons (Fsp3) is 0.444. The van der Waals surface area contributed by atoms with Crippen LogP contribution in [0.15, 0.2) is 29.1 Å². The van der Waals surface area contributed by atoms with Gasteiger partial charge in [-0.25, -0.2) is 4.98 Å². The van der Waals surface area contributed by atoms with E-state index in [4.69, 9.17) is 5.73 Å². The molecule has 0 bridgehead atoms. The lowest BCUT2D eigenvalue weighted by molar-refractivity contribution is 0.242. The van der Waals surface area contributed by atoms with Gasteiger partial charge in [-0.1, -0.05) is 45.0 Å². The van der Waals surface area contributed by atoms with Crippen LogP contribution in [0.2, 0.25) is 0 Å². The zero-order valence-corrected chi connectivity index (χ0v) is 14.0. The first-order valence-corrected chi connectivity index (χ1v) is 8.02. The lowest BCUT2D eigenvalue weighted by Crippen LogP contribution is -2.35. The van der Waals surface area contributed by atoms with Crippen LogP contribution in [0.4, 0.5) is 5.95 Å². The molecule has 0 unspecified atom stereocenters. The highest BCUT2D eigenvalue weighted by atomic mass is 16.1. The molecule has 1 aromatic heterocycles. The van der Waals surface area contributed by atoms with Crippen molar-refractivity contribution in [3.05, 3.63) is 57.0 Å². The van der Waals surface area contributed by atoms with Gasteiger partial charge in [0.15, 0.2) is 0 Å². The number of hydrogen-bond acceptors (Lipinski definition) is 4. The molecule has 3 rings (SSSR count). The topological polar surface area (TPSA) is 75.0 Å². The first kappa shape index (κ1) is 15.7. The second kappa shape index (κ2) is 5.81. The van der Waals surface area contributed by atoms with E-state index in [-0.39, 0.29) is 16.9 Å². The van der Waals surface area contributed by atoms with E-state index in [1.807, 2.05) is 0 Å². The number of aromatic amines is 1. The third-order valence-corrected chi connectivity index (χ3v) is 4.39. The molecule has 0 fully saturated rings. The van der Waals surface area contributed by atoms with Gasteiger partial charge >= 0.3 is 0 Å². The number of rotatable bonds is 2. The van der Waals surface area contributed by atoms with Crippen molar-refractivity contribution in [1.82, 2.24) is 14.9 Å². The lowest BCUT2D eigenvalue weighted by Gasteiger charge is -2.28. The molecule has 5 heteroatoms. The van der Waals surface area contributed by atoms with Gasteiger partial charge in [-0.15, -0.1) is 0 Å². The minimum Gasteiger partial charge on any atom is -0.369 e. The minimum atomic E-state index is -0.111. The first-order chi connectivity index (χ1) is 10.8. The van der Waals surface area contributed by atoms with Crippen LogP contribution in [0.25, 0.3) is 0 Å². The van der Waals surface area contributed by atoms with Gasteiger partial charge in [0.2, 0.25) is 5.95 Å². The number of nitrogens with zero attached hydrogens (tertiary/aromatic N) is 2. The van der Waals surface area contributed by atoms with E-state index in [9.17, 15) is 4.79 Å². The number of anilines is 1. The molecular weight excluding hydrogens is 288 g/mol. The number of nitrogens with one attached hydrogen (secondary N) is 1.